The van der Waals surface area contributed by atoms with Crippen molar-refractivity contribution in [3.05, 3.63) is 46.2 Å². The molecule has 1 N–H and O–H groups in total. The molecule has 0 spiro atoms. The van der Waals surface area contributed by atoms with Crippen LogP contribution in [0.1, 0.15) is 31.9 Å². The van der Waals surface area contributed by atoms with Gasteiger partial charge in [0, 0.05) is 28.5 Å². The van der Waals surface area contributed by atoms with E-state index in [9.17, 15) is 0 Å². The summed E-state index contributed by atoms with van der Waals surface area (Å²) in [5, 5.41) is 7.83. The van der Waals surface area contributed by atoms with Gasteiger partial charge in [-0.25, -0.2) is 0 Å². The molecule has 4 heteroatoms. The number of halogens is 1. The summed E-state index contributed by atoms with van der Waals surface area (Å²) in [7, 11) is 0. The van der Waals surface area contributed by atoms with Crippen LogP contribution in [-0.2, 0) is 12.1 Å². The lowest BCUT2D eigenvalue weighted by Gasteiger charge is -2.18. The molecule has 0 radical (unpaired) electrons. The summed E-state index contributed by atoms with van der Waals surface area (Å²) in [6, 6.07) is 6.32. The first-order valence-corrected chi connectivity index (χ1v) is 7.19. The first-order valence-electron chi connectivity index (χ1n) is 6.40. The first-order chi connectivity index (χ1) is 8.84. The first kappa shape index (κ1) is 14.1. The normalized spacial score (nSPS) is 11.6. The summed E-state index contributed by atoms with van der Waals surface area (Å²) in [6.45, 7) is 9.32. The Morgan fingerprint density at radius 1 is 1.26 bits per heavy atom. The number of nitrogens with one attached hydrogen (secondary N) is 1. The van der Waals surface area contributed by atoms with Crippen molar-refractivity contribution in [2.75, 3.05) is 5.32 Å². The molecule has 0 bridgehead atoms. The predicted molar refractivity (Wildman–Crippen MR) is 83.4 cm³/mol. The average molecular weight is 322 g/mol. The Bertz CT molecular complexity index is 547. The third-order valence-corrected chi connectivity index (χ3v) is 3.32. The highest BCUT2D eigenvalue weighted by atomic mass is 79.9. The molecule has 0 saturated heterocycles. The zero-order valence-electron chi connectivity index (χ0n) is 11.9. The minimum Gasteiger partial charge on any atom is -0.381 e. The third kappa shape index (κ3) is 3.83. The lowest BCUT2D eigenvalue weighted by Crippen LogP contribution is -2.21. The number of nitrogens with zero attached hydrogens (tertiary/aromatic N) is 2. The van der Waals surface area contributed by atoms with Gasteiger partial charge >= 0.3 is 0 Å². The summed E-state index contributed by atoms with van der Waals surface area (Å²) < 4.78 is 3.09. The molecule has 0 amide bonds. The average Bonchev–Trinajstić information content (AvgIpc) is 2.73. The molecule has 1 heterocycles. The van der Waals surface area contributed by atoms with Crippen molar-refractivity contribution in [3.63, 3.8) is 0 Å². The van der Waals surface area contributed by atoms with E-state index < -0.39 is 0 Å². The number of aryl methyl sites for hydroxylation is 1. The number of benzene rings is 1. The van der Waals surface area contributed by atoms with Gasteiger partial charge in [-0.2, -0.15) is 5.10 Å². The summed E-state index contributed by atoms with van der Waals surface area (Å²) >= 11 is 3.51. The van der Waals surface area contributed by atoms with Gasteiger partial charge in [-0.15, -0.1) is 0 Å². The fourth-order valence-corrected chi connectivity index (χ4v) is 2.47. The zero-order valence-corrected chi connectivity index (χ0v) is 13.5. The van der Waals surface area contributed by atoms with Gasteiger partial charge in [0.25, 0.3) is 0 Å². The standard InChI is InChI=1S/C15H20BrN3/c1-11-5-13(16)7-14(6-11)17-8-12-9-18-19(10-12)15(2,3)4/h5-7,9-10,17H,8H2,1-4H3. The Labute approximate surface area is 123 Å². The SMILES string of the molecule is Cc1cc(Br)cc(NCc2cnn(C(C)(C)C)c2)c1. The summed E-state index contributed by atoms with van der Waals surface area (Å²) in [6.07, 6.45) is 4.01. The highest BCUT2D eigenvalue weighted by Gasteiger charge is 2.13. The van der Waals surface area contributed by atoms with Crippen LogP contribution in [0.15, 0.2) is 35.1 Å². The maximum Gasteiger partial charge on any atom is 0.0543 e. The van der Waals surface area contributed by atoms with E-state index in [4.69, 9.17) is 0 Å². The predicted octanol–water partition coefficient (Wildman–Crippen LogP) is 4.32. The topological polar surface area (TPSA) is 29.9 Å². The molecule has 0 fully saturated rings. The van der Waals surface area contributed by atoms with E-state index in [2.05, 4.69) is 78.4 Å². The van der Waals surface area contributed by atoms with Crippen molar-refractivity contribution in [1.29, 1.82) is 0 Å². The molecule has 1 aromatic heterocycles. The van der Waals surface area contributed by atoms with Gasteiger partial charge in [0.1, 0.15) is 0 Å². The molecule has 0 aliphatic heterocycles. The number of hydrogen-bond acceptors (Lipinski definition) is 2. The largest absolute Gasteiger partial charge is 0.381 e. The minimum absolute atomic E-state index is 0.0324. The molecule has 2 aromatic rings. The molecule has 3 nitrogen and oxygen atoms in total. The second-order valence-electron chi connectivity index (χ2n) is 5.83. The molecule has 0 atom stereocenters. The van der Waals surface area contributed by atoms with Crippen LogP contribution in [0.3, 0.4) is 0 Å². The fraction of sp³-hybridized carbons (Fsp3) is 0.400. The molecule has 0 unspecified atom stereocenters. The van der Waals surface area contributed by atoms with Crippen molar-refractivity contribution in [2.24, 2.45) is 0 Å². The van der Waals surface area contributed by atoms with E-state index >= 15 is 0 Å². The van der Waals surface area contributed by atoms with E-state index in [1.165, 1.54) is 11.1 Å². The van der Waals surface area contributed by atoms with Crippen LogP contribution in [-0.4, -0.2) is 9.78 Å². The van der Waals surface area contributed by atoms with Gasteiger partial charge in [-0.3, -0.25) is 4.68 Å². The molecule has 19 heavy (non-hydrogen) atoms. The van der Waals surface area contributed by atoms with E-state index in [0.29, 0.717) is 0 Å². The van der Waals surface area contributed by atoms with E-state index in [0.717, 1.165) is 16.7 Å². The Morgan fingerprint density at radius 3 is 2.58 bits per heavy atom. The van der Waals surface area contributed by atoms with E-state index in [1.807, 2.05) is 10.9 Å². The highest BCUT2D eigenvalue weighted by Crippen LogP contribution is 2.20. The molecule has 1 aromatic carbocycles. The maximum atomic E-state index is 4.40. The number of hydrogen-bond donors (Lipinski definition) is 1. The molecule has 102 valence electrons. The second kappa shape index (κ2) is 5.37. The van der Waals surface area contributed by atoms with E-state index in [-0.39, 0.29) is 5.54 Å². The van der Waals surface area contributed by atoms with Crippen molar-refractivity contribution < 1.29 is 0 Å². The van der Waals surface area contributed by atoms with Gasteiger partial charge in [-0.1, -0.05) is 15.9 Å². The van der Waals surface area contributed by atoms with E-state index in [1.54, 1.807) is 0 Å². The van der Waals surface area contributed by atoms with Crippen molar-refractivity contribution >= 4 is 21.6 Å². The highest BCUT2D eigenvalue weighted by molar-refractivity contribution is 9.10. The number of rotatable bonds is 3. The third-order valence-electron chi connectivity index (χ3n) is 2.86. The Morgan fingerprint density at radius 2 is 2.00 bits per heavy atom. The lowest BCUT2D eigenvalue weighted by atomic mass is 10.1. The molecular formula is C15H20BrN3. The summed E-state index contributed by atoms with van der Waals surface area (Å²) in [5.41, 5.74) is 3.58. The molecular weight excluding hydrogens is 302 g/mol. The van der Waals surface area contributed by atoms with Gasteiger partial charge < -0.3 is 5.32 Å². The van der Waals surface area contributed by atoms with Crippen molar-refractivity contribution in [3.8, 4) is 0 Å². The minimum atomic E-state index is 0.0324. The Kier molecular flexibility index (Phi) is 3.99. The quantitative estimate of drug-likeness (QED) is 0.912. The number of anilines is 1. The van der Waals surface area contributed by atoms with Crippen molar-refractivity contribution in [1.82, 2.24) is 9.78 Å². The fourth-order valence-electron chi connectivity index (χ4n) is 1.86. The van der Waals surface area contributed by atoms with Crippen LogP contribution in [0, 0.1) is 6.92 Å². The smallest absolute Gasteiger partial charge is 0.0543 e. The van der Waals surface area contributed by atoms with Crippen LogP contribution in [0.2, 0.25) is 0 Å². The van der Waals surface area contributed by atoms with Crippen molar-refractivity contribution in [2.45, 2.75) is 39.8 Å². The van der Waals surface area contributed by atoms with Crippen LogP contribution in [0.5, 0.6) is 0 Å². The van der Waals surface area contributed by atoms with Gasteiger partial charge in [0.05, 0.1) is 11.7 Å². The Hall–Kier alpha value is -1.29. The lowest BCUT2D eigenvalue weighted by molar-refractivity contribution is 0.355. The second-order valence-corrected chi connectivity index (χ2v) is 6.75. The molecule has 0 aliphatic rings. The van der Waals surface area contributed by atoms with Crippen LogP contribution in [0.25, 0.3) is 0 Å². The van der Waals surface area contributed by atoms with Gasteiger partial charge in [0.15, 0.2) is 0 Å². The summed E-state index contributed by atoms with van der Waals surface area (Å²) in [4.78, 5) is 0. The number of aromatic nitrogens is 2. The molecule has 2 rings (SSSR count). The van der Waals surface area contributed by atoms with Crippen LogP contribution < -0.4 is 5.32 Å². The monoisotopic (exact) mass is 321 g/mol. The maximum absolute atomic E-state index is 4.40. The van der Waals surface area contributed by atoms with Gasteiger partial charge in [0.2, 0.25) is 0 Å². The summed E-state index contributed by atoms with van der Waals surface area (Å²) in [5.74, 6) is 0. The van der Waals surface area contributed by atoms with Gasteiger partial charge in [-0.05, 0) is 51.5 Å². The zero-order chi connectivity index (χ0) is 14.0. The van der Waals surface area contributed by atoms with Crippen LogP contribution in [0.4, 0.5) is 5.69 Å². The van der Waals surface area contributed by atoms with Crippen LogP contribution >= 0.6 is 15.9 Å². The molecule has 0 aliphatic carbocycles. The molecule has 0 saturated carbocycles. The Balaban J connectivity index is 2.04.